The number of nitrogens with zero attached hydrogens (tertiary/aromatic N) is 1. The lowest BCUT2D eigenvalue weighted by Crippen LogP contribution is -2.22. The number of hydrogen-bond donors (Lipinski definition) is 1. The zero-order valence-corrected chi connectivity index (χ0v) is 11.7. The summed E-state index contributed by atoms with van der Waals surface area (Å²) in [7, 11) is 1.29. The van der Waals surface area contributed by atoms with Crippen LogP contribution in [-0.2, 0) is 9.47 Å². The number of nitrogen functional groups attached to an aromatic ring is 1. The minimum Gasteiger partial charge on any atom is -0.475 e. The Balaban J connectivity index is 2.58. The summed E-state index contributed by atoms with van der Waals surface area (Å²) in [5.74, 6) is -0.206. The standard InChI is InChI=1S/C13H20N2O4/c1-13(2,3)19-6-5-18-11-7-9(12(16)17-4)10(14)8-15-11/h7-8H,5-6,14H2,1-4H3. The molecule has 0 saturated carbocycles. The van der Waals surface area contributed by atoms with Gasteiger partial charge in [-0.15, -0.1) is 0 Å². The fraction of sp³-hybridized carbons (Fsp3) is 0.538. The molecule has 0 aliphatic carbocycles. The zero-order valence-electron chi connectivity index (χ0n) is 11.7. The highest BCUT2D eigenvalue weighted by Gasteiger charge is 2.13. The number of methoxy groups -OCH3 is 1. The van der Waals surface area contributed by atoms with E-state index in [9.17, 15) is 4.79 Å². The van der Waals surface area contributed by atoms with Crippen LogP contribution in [0.5, 0.6) is 5.88 Å². The minimum atomic E-state index is -0.518. The maximum Gasteiger partial charge on any atom is 0.340 e. The molecule has 106 valence electrons. The summed E-state index contributed by atoms with van der Waals surface area (Å²) in [6.07, 6.45) is 1.37. The zero-order chi connectivity index (χ0) is 14.5. The van der Waals surface area contributed by atoms with Gasteiger partial charge < -0.3 is 19.9 Å². The van der Waals surface area contributed by atoms with Gasteiger partial charge in [0, 0.05) is 6.07 Å². The van der Waals surface area contributed by atoms with E-state index in [1.54, 1.807) is 0 Å². The molecule has 0 aliphatic heterocycles. The number of esters is 1. The van der Waals surface area contributed by atoms with Crippen molar-refractivity contribution >= 4 is 11.7 Å². The molecule has 6 nitrogen and oxygen atoms in total. The summed E-state index contributed by atoms with van der Waals surface area (Å²) in [5, 5.41) is 0. The van der Waals surface area contributed by atoms with Crippen molar-refractivity contribution in [2.75, 3.05) is 26.1 Å². The van der Waals surface area contributed by atoms with E-state index in [-0.39, 0.29) is 16.9 Å². The molecule has 1 aromatic rings. The highest BCUT2D eigenvalue weighted by molar-refractivity contribution is 5.95. The summed E-state index contributed by atoms with van der Waals surface area (Å²) < 4.78 is 15.5. The average molecular weight is 268 g/mol. The van der Waals surface area contributed by atoms with Crippen molar-refractivity contribution < 1.29 is 19.0 Å². The van der Waals surface area contributed by atoms with Gasteiger partial charge in [-0.2, -0.15) is 0 Å². The Morgan fingerprint density at radius 3 is 2.63 bits per heavy atom. The maximum absolute atomic E-state index is 11.4. The number of rotatable bonds is 5. The van der Waals surface area contributed by atoms with E-state index in [2.05, 4.69) is 9.72 Å². The van der Waals surface area contributed by atoms with Crippen molar-refractivity contribution in [3.05, 3.63) is 17.8 Å². The van der Waals surface area contributed by atoms with Crippen LogP contribution >= 0.6 is 0 Å². The highest BCUT2D eigenvalue weighted by Crippen LogP contribution is 2.17. The van der Waals surface area contributed by atoms with Gasteiger partial charge in [0.15, 0.2) is 0 Å². The molecule has 0 fully saturated rings. The van der Waals surface area contributed by atoms with Crippen molar-refractivity contribution in [1.29, 1.82) is 0 Å². The molecule has 6 heteroatoms. The fourth-order valence-corrected chi connectivity index (χ4v) is 1.31. The molecule has 1 aromatic heterocycles. The molecule has 0 atom stereocenters. The van der Waals surface area contributed by atoms with E-state index in [4.69, 9.17) is 15.2 Å². The first-order valence-corrected chi connectivity index (χ1v) is 5.94. The first-order chi connectivity index (χ1) is 8.83. The van der Waals surface area contributed by atoms with Gasteiger partial charge in [0.1, 0.15) is 6.61 Å². The Labute approximate surface area is 112 Å². The Kier molecular flexibility index (Phi) is 5.11. The van der Waals surface area contributed by atoms with E-state index >= 15 is 0 Å². The Morgan fingerprint density at radius 1 is 1.37 bits per heavy atom. The van der Waals surface area contributed by atoms with E-state index in [1.807, 2.05) is 20.8 Å². The number of carbonyl (C=O) groups excluding carboxylic acids is 1. The van der Waals surface area contributed by atoms with E-state index in [0.29, 0.717) is 19.1 Å². The molecule has 19 heavy (non-hydrogen) atoms. The summed E-state index contributed by atoms with van der Waals surface area (Å²) in [4.78, 5) is 15.4. The van der Waals surface area contributed by atoms with Crippen LogP contribution in [0.2, 0.25) is 0 Å². The van der Waals surface area contributed by atoms with Crippen LogP contribution in [-0.4, -0.2) is 36.9 Å². The number of anilines is 1. The van der Waals surface area contributed by atoms with Crippen molar-refractivity contribution in [3.63, 3.8) is 0 Å². The molecular formula is C13H20N2O4. The Morgan fingerprint density at radius 2 is 2.05 bits per heavy atom. The number of pyridine rings is 1. The van der Waals surface area contributed by atoms with Gasteiger partial charge in [-0.1, -0.05) is 0 Å². The number of hydrogen-bond acceptors (Lipinski definition) is 6. The number of ether oxygens (including phenoxy) is 3. The summed E-state index contributed by atoms with van der Waals surface area (Å²) in [6.45, 7) is 6.66. The quantitative estimate of drug-likeness (QED) is 0.645. The summed E-state index contributed by atoms with van der Waals surface area (Å²) in [5.41, 5.74) is 5.92. The third-order valence-electron chi connectivity index (χ3n) is 2.18. The van der Waals surface area contributed by atoms with Gasteiger partial charge in [0.05, 0.1) is 36.8 Å². The van der Waals surface area contributed by atoms with E-state index in [0.717, 1.165) is 0 Å². The topological polar surface area (TPSA) is 83.7 Å². The molecule has 0 aliphatic rings. The van der Waals surface area contributed by atoms with Crippen LogP contribution in [0.25, 0.3) is 0 Å². The Bertz CT molecular complexity index is 441. The van der Waals surface area contributed by atoms with Gasteiger partial charge in [0.25, 0.3) is 0 Å². The lowest BCUT2D eigenvalue weighted by molar-refractivity contribution is -0.0168. The van der Waals surface area contributed by atoms with Crippen LogP contribution in [0.4, 0.5) is 5.69 Å². The predicted molar refractivity (Wildman–Crippen MR) is 71.2 cm³/mol. The molecule has 2 N–H and O–H groups in total. The predicted octanol–water partition coefficient (Wildman–Crippen LogP) is 1.64. The molecule has 0 amide bonds. The van der Waals surface area contributed by atoms with Crippen molar-refractivity contribution in [2.24, 2.45) is 0 Å². The Hall–Kier alpha value is -1.82. The highest BCUT2D eigenvalue weighted by atomic mass is 16.5. The number of nitrogens with two attached hydrogens (primary N) is 1. The maximum atomic E-state index is 11.4. The first kappa shape index (κ1) is 15.2. The minimum absolute atomic E-state index is 0.213. The lowest BCUT2D eigenvalue weighted by Gasteiger charge is -2.19. The summed E-state index contributed by atoms with van der Waals surface area (Å²) in [6, 6.07) is 1.46. The fourth-order valence-electron chi connectivity index (χ4n) is 1.31. The number of aromatic nitrogens is 1. The third kappa shape index (κ3) is 5.13. The third-order valence-corrected chi connectivity index (χ3v) is 2.18. The van der Waals surface area contributed by atoms with E-state index < -0.39 is 5.97 Å². The van der Waals surface area contributed by atoms with Crippen LogP contribution < -0.4 is 10.5 Å². The van der Waals surface area contributed by atoms with Gasteiger partial charge >= 0.3 is 5.97 Å². The lowest BCUT2D eigenvalue weighted by atomic mass is 10.2. The van der Waals surface area contributed by atoms with Gasteiger partial charge in [0.2, 0.25) is 5.88 Å². The van der Waals surface area contributed by atoms with Crippen molar-refractivity contribution in [2.45, 2.75) is 26.4 Å². The van der Waals surface area contributed by atoms with Gasteiger partial charge in [-0.3, -0.25) is 0 Å². The number of carbonyl (C=O) groups is 1. The second kappa shape index (κ2) is 6.38. The monoisotopic (exact) mass is 268 g/mol. The van der Waals surface area contributed by atoms with Gasteiger partial charge in [-0.05, 0) is 20.8 Å². The first-order valence-electron chi connectivity index (χ1n) is 5.94. The molecule has 0 unspecified atom stereocenters. The van der Waals surface area contributed by atoms with Crippen LogP contribution in [0, 0.1) is 0 Å². The van der Waals surface area contributed by atoms with Crippen molar-refractivity contribution in [1.82, 2.24) is 4.98 Å². The van der Waals surface area contributed by atoms with Crippen molar-refractivity contribution in [3.8, 4) is 5.88 Å². The van der Waals surface area contributed by atoms with E-state index in [1.165, 1.54) is 19.4 Å². The molecule has 0 spiro atoms. The van der Waals surface area contributed by atoms with Crippen LogP contribution in [0.1, 0.15) is 31.1 Å². The molecular weight excluding hydrogens is 248 g/mol. The molecule has 1 rings (SSSR count). The normalized spacial score (nSPS) is 11.2. The largest absolute Gasteiger partial charge is 0.475 e. The molecule has 1 heterocycles. The SMILES string of the molecule is COC(=O)c1cc(OCCOC(C)(C)C)ncc1N. The van der Waals surface area contributed by atoms with Gasteiger partial charge in [-0.25, -0.2) is 9.78 Å². The smallest absolute Gasteiger partial charge is 0.340 e. The molecule has 0 aromatic carbocycles. The van der Waals surface area contributed by atoms with Crippen LogP contribution in [0.3, 0.4) is 0 Å². The molecule has 0 saturated heterocycles. The molecule has 0 radical (unpaired) electrons. The van der Waals surface area contributed by atoms with Crippen LogP contribution in [0.15, 0.2) is 12.3 Å². The second-order valence-electron chi connectivity index (χ2n) is 4.91. The average Bonchev–Trinajstić information content (AvgIpc) is 2.34. The molecule has 0 bridgehead atoms. The summed E-state index contributed by atoms with van der Waals surface area (Å²) >= 11 is 0. The second-order valence-corrected chi connectivity index (χ2v) is 4.91.